The number of benzene rings is 2. The zero-order chi connectivity index (χ0) is 26.7. The van der Waals surface area contributed by atoms with E-state index >= 15 is 0 Å². The van der Waals surface area contributed by atoms with E-state index in [1.165, 1.54) is 0 Å². The summed E-state index contributed by atoms with van der Waals surface area (Å²) in [5, 5.41) is 12.7. The summed E-state index contributed by atoms with van der Waals surface area (Å²) in [6.45, 7) is -0.0494. The number of amidine groups is 1. The number of aryl methyl sites for hydroxylation is 1. The van der Waals surface area contributed by atoms with Gasteiger partial charge in [0, 0.05) is 18.2 Å². The molecule has 1 fully saturated rings. The van der Waals surface area contributed by atoms with E-state index in [4.69, 9.17) is 11.1 Å². The molecule has 0 spiro atoms. The zero-order valence-electron chi connectivity index (χ0n) is 20.8. The van der Waals surface area contributed by atoms with Gasteiger partial charge < -0.3 is 16.4 Å². The van der Waals surface area contributed by atoms with E-state index < -0.39 is 28.1 Å². The molecule has 10 nitrogen and oxygen atoms in total. The maximum Gasteiger partial charge on any atom is 0.277 e. The summed E-state index contributed by atoms with van der Waals surface area (Å²) in [5.41, 5.74) is 7.82. The van der Waals surface area contributed by atoms with Crippen LogP contribution in [0.1, 0.15) is 55.2 Å². The Morgan fingerprint density at radius 1 is 0.946 bits per heavy atom. The number of hydrogen-bond donors (Lipinski definition) is 6. The van der Waals surface area contributed by atoms with Crippen LogP contribution in [0.5, 0.6) is 0 Å². The Bertz CT molecular complexity index is 1150. The average molecular weight is 529 g/mol. The summed E-state index contributed by atoms with van der Waals surface area (Å²) in [7, 11) is -3.91. The fourth-order valence-electron chi connectivity index (χ4n) is 4.22. The largest absolute Gasteiger partial charge is 0.384 e. The number of nitrogen functional groups attached to an aromatic ring is 1. The molecule has 0 aliphatic heterocycles. The molecule has 0 bridgehead atoms. The smallest absolute Gasteiger partial charge is 0.277 e. The number of rotatable bonds is 13. The SMILES string of the molecule is N=C(N)c1ccc(CNC(=O)CNC(=O)[C@@H](CCc2ccccc2)NS(=O)(=O)NC2CCCCC2)cc1. The molecule has 1 saturated carbocycles. The normalized spacial score (nSPS) is 15.0. The summed E-state index contributed by atoms with van der Waals surface area (Å²) in [6.07, 6.45) is 5.33. The number of hydrogen-bond acceptors (Lipinski definition) is 5. The van der Waals surface area contributed by atoms with Crippen LogP contribution in [0.3, 0.4) is 0 Å². The molecule has 2 aromatic rings. The fraction of sp³-hybridized carbons (Fsp3) is 0.423. The van der Waals surface area contributed by atoms with Gasteiger partial charge in [-0.1, -0.05) is 73.9 Å². The third-order valence-corrected chi connectivity index (χ3v) is 7.52. The molecule has 11 heteroatoms. The Balaban J connectivity index is 1.54. The third kappa shape index (κ3) is 9.95. The van der Waals surface area contributed by atoms with E-state index in [0.717, 1.165) is 43.2 Å². The lowest BCUT2D eigenvalue weighted by molar-refractivity contribution is -0.127. The van der Waals surface area contributed by atoms with Crippen molar-refractivity contribution in [1.82, 2.24) is 20.1 Å². The van der Waals surface area contributed by atoms with E-state index in [1.807, 2.05) is 30.3 Å². The van der Waals surface area contributed by atoms with Crippen LogP contribution in [0.25, 0.3) is 0 Å². The molecule has 1 aliphatic carbocycles. The van der Waals surface area contributed by atoms with Crippen LogP contribution in [0, 0.1) is 5.41 Å². The van der Waals surface area contributed by atoms with Crippen LogP contribution in [0.15, 0.2) is 54.6 Å². The van der Waals surface area contributed by atoms with Gasteiger partial charge in [-0.2, -0.15) is 17.9 Å². The summed E-state index contributed by atoms with van der Waals surface area (Å²) < 4.78 is 30.7. The second kappa shape index (κ2) is 13.9. The topological polar surface area (TPSA) is 166 Å². The van der Waals surface area contributed by atoms with Crippen molar-refractivity contribution in [3.8, 4) is 0 Å². The number of nitrogens with two attached hydrogens (primary N) is 1. The summed E-state index contributed by atoms with van der Waals surface area (Å²) >= 11 is 0. The molecule has 0 heterocycles. The number of carbonyl (C=O) groups is 2. The molecule has 2 aromatic carbocycles. The van der Waals surface area contributed by atoms with Crippen molar-refractivity contribution in [3.05, 3.63) is 71.3 Å². The van der Waals surface area contributed by atoms with Gasteiger partial charge in [0.1, 0.15) is 11.9 Å². The second-order valence-corrected chi connectivity index (χ2v) is 10.7. The van der Waals surface area contributed by atoms with Crippen LogP contribution in [0.2, 0.25) is 0 Å². The van der Waals surface area contributed by atoms with Crippen molar-refractivity contribution in [2.45, 2.75) is 63.6 Å². The van der Waals surface area contributed by atoms with E-state index in [9.17, 15) is 18.0 Å². The van der Waals surface area contributed by atoms with E-state index in [2.05, 4.69) is 20.1 Å². The van der Waals surface area contributed by atoms with Gasteiger partial charge in [-0.3, -0.25) is 15.0 Å². The predicted molar refractivity (Wildman–Crippen MR) is 143 cm³/mol. The fourth-order valence-corrected chi connectivity index (χ4v) is 5.56. The number of amides is 2. The Labute approximate surface area is 218 Å². The van der Waals surface area contributed by atoms with Crippen molar-refractivity contribution >= 4 is 27.9 Å². The highest BCUT2D eigenvalue weighted by Crippen LogP contribution is 2.18. The van der Waals surface area contributed by atoms with Crippen LogP contribution in [-0.2, 0) is 32.8 Å². The molecular weight excluding hydrogens is 492 g/mol. The highest BCUT2D eigenvalue weighted by Gasteiger charge is 2.27. The van der Waals surface area contributed by atoms with Gasteiger partial charge in [0.25, 0.3) is 10.2 Å². The molecule has 0 aromatic heterocycles. The molecule has 3 rings (SSSR count). The van der Waals surface area contributed by atoms with Gasteiger partial charge in [0.2, 0.25) is 11.8 Å². The lowest BCUT2D eigenvalue weighted by atomic mass is 9.96. The van der Waals surface area contributed by atoms with Crippen LogP contribution >= 0.6 is 0 Å². The van der Waals surface area contributed by atoms with Crippen molar-refractivity contribution in [2.75, 3.05) is 6.54 Å². The summed E-state index contributed by atoms with van der Waals surface area (Å²) in [5.74, 6) is -1.01. The first-order valence-corrected chi connectivity index (χ1v) is 14.0. The molecule has 200 valence electrons. The van der Waals surface area contributed by atoms with E-state index in [-0.39, 0.29) is 31.4 Å². The van der Waals surface area contributed by atoms with Gasteiger partial charge in [0.05, 0.1) is 6.54 Å². The number of carbonyl (C=O) groups excluding carboxylic acids is 2. The Morgan fingerprint density at radius 3 is 2.27 bits per heavy atom. The molecule has 1 aliphatic rings. The lowest BCUT2D eigenvalue weighted by Gasteiger charge is -2.25. The molecule has 0 saturated heterocycles. The van der Waals surface area contributed by atoms with Crippen LogP contribution in [-0.4, -0.2) is 44.7 Å². The quantitative estimate of drug-likeness (QED) is 0.171. The minimum absolute atomic E-state index is 0.0373. The predicted octanol–water partition coefficient (Wildman–Crippen LogP) is 1.46. The maximum absolute atomic E-state index is 12.9. The van der Waals surface area contributed by atoms with Crippen molar-refractivity contribution in [2.24, 2.45) is 5.73 Å². The lowest BCUT2D eigenvalue weighted by Crippen LogP contribution is -2.53. The molecule has 2 amide bonds. The molecule has 0 radical (unpaired) electrons. The van der Waals surface area contributed by atoms with Gasteiger partial charge in [0.15, 0.2) is 0 Å². The number of nitrogens with one attached hydrogen (secondary N) is 5. The molecule has 37 heavy (non-hydrogen) atoms. The molecular formula is C26H36N6O4S. The first-order valence-electron chi connectivity index (χ1n) is 12.5. The second-order valence-electron chi connectivity index (χ2n) is 9.26. The Hall–Kier alpha value is -3.28. The third-order valence-electron chi connectivity index (χ3n) is 6.28. The van der Waals surface area contributed by atoms with Crippen molar-refractivity contribution in [3.63, 3.8) is 0 Å². The van der Waals surface area contributed by atoms with E-state index in [1.54, 1.807) is 24.3 Å². The minimum Gasteiger partial charge on any atom is -0.384 e. The van der Waals surface area contributed by atoms with Gasteiger partial charge in [-0.25, -0.2) is 0 Å². The van der Waals surface area contributed by atoms with Gasteiger partial charge in [-0.05, 0) is 36.8 Å². The summed E-state index contributed by atoms with van der Waals surface area (Å²) in [4.78, 5) is 25.3. The van der Waals surface area contributed by atoms with Crippen LogP contribution in [0.4, 0.5) is 0 Å². The molecule has 0 unspecified atom stereocenters. The highest BCUT2D eigenvalue weighted by atomic mass is 32.2. The van der Waals surface area contributed by atoms with Crippen molar-refractivity contribution < 1.29 is 18.0 Å². The average Bonchev–Trinajstić information content (AvgIpc) is 2.89. The first-order chi connectivity index (χ1) is 17.7. The standard InChI is InChI=1S/C26H36N6O4S/c27-25(28)21-14-11-20(12-15-21)17-29-24(33)18-30-26(34)23(16-13-19-7-3-1-4-8-19)32-37(35,36)31-22-9-5-2-6-10-22/h1,3-4,7-8,11-12,14-15,22-23,31-32H,2,5-6,9-10,13,16-18H2,(H3,27,28)(H,29,33)(H,30,34)/t23-/m1/s1. The summed E-state index contributed by atoms with van der Waals surface area (Å²) in [6, 6.07) is 15.2. The van der Waals surface area contributed by atoms with Crippen molar-refractivity contribution in [1.29, 1.82) is 5.41 Å². The van der Waals surface area contributed by atoms with Gasteiger partial charge in [-0.15, -0.1) is 0 Å². The minimum atomic E-state index is -3.91. The Morgan fingerprint density at radius 2 is 1.62 bits per heavy atom. The van der Waals surface area contributed by atoms with Gasteiger partial charge >= 0.3 is 0 Å². The highest BCUT2D eigenvalue weighted by molar-refractivity contribution is 7.87. The van der Waals surface area contributed by atoms with Crippen LogP contribution < -0.4 is 25.8 Å². The maximum atomic E-state index is 12.9. The van der Waals surface area contributed by atoms with E-state index in [0.29, 0.717) is 12.0 Å². The molecule has 1 atom stereocenters. The monoisotopic (exact) mass is 528 g/mol. The molecule has 7 N–H and O–H groups in total. The first kappa shape index (κ1) is 28.3. The Kier molecular flexibility index (Phi) is 10.6. The zero-order valence-corrected chi connectivity index (χ0v) is 21.6.